The predicted molar refractivity (Wildman–Crippen MR) is 139 cm³/mol. The normalized spacial score (nSPS) is 11.2. The van der Waals surface area contributed by atoms with E-state index in [4.69, 9.17) is 44.5 Å². The van der Waals surface area contributed by atoms with Gasteiger partial charge < -0.3 is 4.74 Å². The lowest BCUT2D eigenvalue weighted by Gasteiger charge is -2.12. The van der Waals surface area contributed by atoms with Gasteiger partial charge in [0, 0.05) is 16.9 Å². The van der Waals surface area contributed by atoms with E-state index in [1.165, 1.54) is 4.40 Å². The summed E-state index contributed by atoms with van der Waals surface area (Å²) in [6.45, 7) is 3.99. The van der Waals surface area contributed by atoms with Crippen LogP contribution in [0.25, 0.3) is 22.6 Å². The lowest BCUT2D eigenvalue weighted by atomic mass is 10.1. The van der Waals surface area contributed by atoms with Crippen LogP contribution in [0.1, 0.15) is 17.0 Å². The number of nitrogens with zero attached hydrogens (tertiary/aromatic N) is 4. The van der Waals surface area contributed by atoms with Crippen molar-refractivity contribution in [1.82, 2.24) is 19.2 Å². The van der Waals surface area contributed by atoms with Crippen molar-refractivity contribution in [1.29, 1.82) is 0 Å². The topological polar surface area (TPSA) is 61.4 Å². The second-order valence-corrected chi connectivity index (χ2v) is 9.29. The monoisotopic (exact) mass is 524 g/mol. The van der Waals surface area contributed by atoms with Gasteiger partial charge in [-0.2, -0.15) is 5.10 Å². The fraction of sp³-hybridized carbons (Fsp3) is 0.115. The first kappa shape index (κ1) is 23.4. The molecule has 2 aromatic carbocycles. The van der Waals surface area contributed by atoms with E-state index in [0.717, 1.165) is 16.9 Å². The molecule has 0 unspecified atom stereocenters. The Morgan fingerprint density at radius 3 is 2.54 bits per heavy atom. The highest BCUT2D eigenvalue weighted by Gasteiger charge is 2.18. The predicted octanol–water partition coefficient (Wildman–Crippen LogP) is 6.70. The standard InChI is InChI=1S/C26H19Cl3N4O2/c1-15-11-22(31-33(15)19-8-9-20(28)21(29)13-19)24-16(2)30-25-23(7-4-10-32(25)26(24)34)35-14-17-5-3-6-18(27)12-17/h3-13H,14H2,1-2H3. The second-order valence-electron chi connectivity index (χ2n) is 8.04. The summed E-state index contributed by atoms with van der Waals surface area (Å²) in [5, 5.41) is 6.19. The number of pyridine rings is 1. The van der Waals surface area contributed by atoms with Crippen LogP contribution in [0.3, 0.4) is 0 Å². The number of hydrogen-bond acceptors (Lipinski definition) is 4. The van der Waals surface area contributed by atoms with Crippen LogP contribution in [-0.4, -0.2) is 19.2 Å². The number of hydrogen-bond donors (Lipinski definition) is 0. The molecule has 0 fully saturated rings. The highest BCUT2D eigenvalue weighted by Crippen LogP contribution is 2.27. The summed E-state index contributed by atoms with van der Waals surface area (Å²) in [4.78, 5) is 18.2. The van der Waals surface area contributed by atoms with Crippen molar-refractivity contribution >= 4 is 40.4 Å². The van der Waals surface area contributed by atoms with Crippen LogP contribution < -0.4 is 10.3 Å². The van der Waals surface area contributed by atoms with Crippen molar-refractivity contribution in [2.24, 2.45) is 0 Å². The molecule has 0 spiro atoms. The van der Waals surface area contributed by atoms with E-state index in [1.54, 1.807) is 48.1 Å². The van der Waals surface area contributed by atoms with E-state index >= 15 is 0 Å². The molecule has 0 amide bonds. The smallest absolute Gasteiger partial charge is 0.267 e. The molecule has 3 heterocycles. The lowest BCUT2D eigenvalue weighted by Crippen LogP contribution is -2.19. The van der Waals surface area contributed by atoms with E-state index in [-0.39, 0.29) is 5.56 Å². The summed E-state index contributed by atoms with van der Waals surface area (Å²) in [6.07, 6.45) is 1.67. The molecule has 5 rings (SSSR count). The summed E-state index contributed by atoms with van der Waals surface area (Å²) in [5.41, 5.74) is 4.17. The third-order valence-corrected chi connectivity index (χ3v) is 6.55. The van der Waals surface area contributed by atoms with Crippen LogP contribution in [0.15, 0.2) is 71.7 Å². The average Bonchev–Trinajstić information content (AvgIpc) is 3.20. The fourth-order valence-electron chi connectivity index (χ4n) is 3.91. The molecule has 0 radical (unpaired) electrons. The molecule has 176 valence electrons. The molecular formula is C26H19Cl3N4O2. The molecule has 0 aliphatic rings. The Hall–Kier alpha value is -3.32. The third-order valence-electron chi connectivity index (χ3n) is 5.57. The lowest BCUT2D eigenvalue weighted by molar-refractivity contribution is 0.308. The van der Waals surface area contributed by atoms with Crippen molar-refractivity contribution in [2.75, 3.05) is 0 Å². The van der Waals surface area contributed by atoms with Gasteiger partial charge in [-0.25, -0.2) is 9.67 Å². The number of rotatable bonds is 5. The molecule has 0 saturated heterocycles. The van der Waals surface area contributed by atoms with Crippen molar-refractivity contribution < 1.29 is 4.74 Å². The second kappa shape index (κ2) is 9.38. The van der Waals surface area contributed by atoms with Crippen LogP contribution in [0.2, 0.25) is 15.1 Å². The van der Waals surface area contributed by atoms with Crippen molar-refractivity contribution in [2.45, 2.75) is 20.5 Å². The Kier molecular flexibility index (Phi) is 6.28. The van der Waals surface area contributed by atoms with Gasteiger partial charge >= 0.3 is 0 Å². The van der Waals surface area contributed by atoms with E-state index < -0.39 is 0 Å². The van der Waals surface area contributed by atoms with Gasteiger partial charge in [0.25, 0.3) is 5.56 Å². The largest absolute Gasteiger partial charge is 0.485 e. The molecule has 0 atom stereocenters. The van der Waals surface area contributed by atoms with E-state index in [1.807, 2.05) is 37.3 Å². The number of aromatic nitrogens is 4. The fourth-order valence-corrected chi connectivity index (χ4v) is 4.42. The number of aryl methyl sites for hydroxylation is 2. The zero-order chi connectivity index (χ0) is 24.7. The molecule has 0 aliphatic carbocycles. The molecule has 0 N–H and O–H groups in total. The minimum Gasteiger partial charge on any atom is -0.485 e. The van der Waals surface area contributed by atoms with Crippen molar-refractivity contribution in [3.63, 3.8) is 0 Å². The molecule has 6 nitrogen and oxygen atoms in total. The van der Waals surface area contributed by atoms with Crippen LogP contribution in [0, 0.1) is 13.8 Å². The number of ether oxygens (including phenoxy) is 1. The summed E-state index contributed by atoms with van der Waals surface area (Å²) in [5.74, 6) is 0.497. The summed E-state index contributed by atoms with van der Waals surface area (Å²) in [6, 6.07) is 18.1. The maximum absolute atomic E-state index is 13.5. The highest BCUT2D eigenvalue weighted by atomic mass is 35.5. The van der Waals surface area contributed by atoms with Gasteiger partial charge in [-0.3, -0.25) is 9.20 Å². The molecule has 9 heteroatoms. The van der Waals surface area contributed by atoms with Gasteiger partial charge in [0.15, 0.2) is 11.4 Å². The molecule has 5 aromatic rings. The summed E-state index contributed by atoms with van der Waals surface area (Å²) < 4.78 is 9.19. The SMILES string of the molecule is Cc1nc2c(OCc3cccc(Cl)c3)cccn2c(=O)c1-c1cc(C)n(-c2ccc(Cl)c(Cl)c2)n1. The maximum Gasteiger partial charge on any atom is 0.267 e. The molecule has 3 aromatic heterocycles. The third kappa shape index (κ3) is 4.52. The number of halogens is 3. The summed E-state index contributed by atoms with van der Waals surface area (Å²) in [7, 11) is 0. The number of fused-ring (bicyclic) bond motifs is 1. The van der Waals surface area contributed by atoms with Gasteiger partial charge in [0.2, 0.25) is 0 Å². The Balaban J connectivity index is 1.55. The van der Waals surface area contributed by atoms with E-state index in [2.05, 4.69) is 5.10 Å². The van der Waals surface area contributed by atoms with Crippen LogP contribution >= 0.6 is 34.8 Å². The van der Waals surface area contributed by atoms with Gasteiger partial charge in [-0.1, -0.05) is 46.9 Å². The Labute approximate surface area is 216 Å². The van der Waals surface area contributed by atoms with Crippen LogP contribution in [0.4, 0.5) is 0 Å². The van der Waals surface area contributed by atoms with Crippen LogP contribution in [-0.2, 0) is 6.61 Å². The molecule has 0 bridgehead atoms. The van der Waals surface area contributed by atoms with Gasteiger partial charge in [-0.05, 0) is 67.9 Å². The Morgan fingerprint density at radius 1 is 0.943 bits per heavy atom. The minimum absolute atomic E-state index is 0.237. The Bertz CT molecular complexity index is 1640. The quantitative estimate of drug-likeness (QED) is 0.256. The molecule has 0 aliphatic heterocycles. The first-order valence-electron chi connectivity index (χ1n) is 10.7. The molecule has 35 heavy (non-hydrogen) atoms. The summed E-state index contributed by atoms with van der Waals surface area (Å²) >= 11 is 18.3. The maximum atomic E-state index is 13.5. The number of benzene rings is 2. The van der Waals surface area contributed by atoms with Gasteiger partial charge in [-0.15, -0.1) is 0 Å². The van der Waals surface area contributed by atoms with Crippen LogP contribution in [0.5, 0.6) is 5.75 Å². The zero-order valence-corrected chi connectivity index (χ0v) is 21.1. The molecule has 0 saturated carbocycles. The highest BCUT2D eigenvalue weighted by molar-refractivity contribution is 6.42. The minimum atomic E-state index is -0.237. The van der Waals surface area contributed by atoms with Crippen molar-refractivity contribution in [3.05, 3.63) is 109 Å². The first-order chi connectivity index (χ1) is 16.8. The van der Waals surface area contributed by atoms with Gasteiger partial charge in [0.1, 0.15) is 12.3 Å². The first-order valence-corrected chi connectivity index (χ1v) is 11.9. The zero-order valence-electron chi connectivity index (χ0n) is 18.8. The van der Waals surface area contributed by atoms with E-state index in [0.29, 0.717) is 50.0 Å². The van der Waals surface area contributed by atoms with E-state index in [9.17, 15) is 4.79 Å². The van der Waals surface area contributed by atoms with Crippen molar-refractivity contribution in [3.8, 4) is 22.7 Å². The average molecular weight is 526 g/mol. The molecular weight excluding hydrogens is 507 g/mol. The van der Waals surface area contributed by atoms with Gasteiger partial charge in [0.05, 0.1) is 27.0 Å². The Morgan fingerprint density at radius 2 is 1.77 bits per heavy atom.